The Labute approximate surface area is 145 Å². The Morgan fingerprint density at radius 2 is 2.04 bits per heavy atom. The van der Waals surface area contributed by atoms with Crippen LogP contribution in [-0.4, -0.2) is 21.2 Å². The minimum absolute atomic E-state index is 0.0217. The van der Waals surface area contributed by atoms with Crippen LogP contribution in [0.2, 0.25) is 0 Å². The molecule has 0 radical (unpaired) electrons. The molecule has 0 aliphatic heterocycles. The lowest BCUT2D eigenvalue weighted by atomic mass is 10.3. The topological polar surface area (TPSA) is 77.5 Å². The van der Waals surface area contributed by atoms with E-state index in [1.165, 1.54) is 35.2 Å². The van der Waals surface area contributed by atoms with Crippen LogP contribution < -0.4 is 4.80 Å². The quantitative estimate of drug-likeness (QED) is 0.406. The molecule has 0 saturated heterocycles. The molecule has 1 amide bonds. The molecule has 0 bridgehead atoms. The number of nitrogens with zero attached hydrogens (tertiary/aromatic N) is 3. The van der Waals surface area contributed by atoms with E-state index in [-0.39, 0.29) is 17.3 Å². The maximum Gasteiger partial charge on any atom is 0.271 e. The van der Waals surface area contributed by atoms with Crippen molar-refractivity contribution < 1.29 is 9.72 Å². The monoisotopic (exact) mass is 359 g/mol. The highest BCUT2D eigenvalue weighted by Crippen LogP contribution is 2.22. The number of rotatable bonds is 4. The van der Waals surface area contributed by atoms with Crippen LogP contribution in [0.25, 0.3) is 10.2 Å². The second-order valence-electron chi connectivity index (χ2n) is 4.96. The first-order valence-corrected chi connectivity index (χ1v) is 8.84. The minimum atomic E-state index is -0.435. The predicted molar refractivity (Wildman–Crippen MR) is 95.2 cm³/mol. The lowest BCUT2D eigenvalue weighted by molar-refractivity contribution is -0.384. The molecule has 0 atom stereocenters. The summed E-state index contributed by atoms with van der Waals surface area (Å²) in [5, 5.41) is 10.9. The number of hydrogen-bond donors (Lipinski definition) is 0. The number of carbonyl (C=O) groups excluding carboxylic acids is 1. The normalized spacial score (nSPS) is 11.8. The Morgan fingerprint density at radius 3 is 2.75 bits per heavy atom. The molecule has 6 nitrogen and oxygen atoms in total. The van der Waals surface area contributed by atoms with Gasteiger partial charge in [-0.1, -0.05) is 29.5 Å². The van der Waals surface area contributed by atoms with Gasteiger partial charge in [0.25, 0.3) is 11.6 Å². The third kappa shape index (κ3) is 3.55. The van der Waals surface area contributed by atoms with E-state index in [9.17, 15) is 14.9 Å². The standard InChI is InChI=1S/C16H13N3O3S2/c1-18-13-9-11(19(21)22)7-8-14(13)24-16(18)17-15(20)10-23-12-5-3-2-4-6-12/h2-9H,10H2,1H3. The molecular weight excluding hydrogens is 346 g/mol. The number of amides is 1. The number of aryl methyl sites for hydroxylation is 1. The Bertz CT molecular complexity index is 977. The highest BCUT2D eigenvalue weighted by Gasteiger charge is 2.11. The number of nitro benzene ring substituents is 1. The number of fused-ring (bicyclic) bond motifs is 1. The van der Waals surface area contributed by atoms with Crippen LogP contribution >= 0.6 is 23.1 Å². The van der Waals surface area contributed by atoms with E-state index < -0.39 is 4.92 Å². The van der Waals surface area contributed by atoms with Gasteiger partial charge in [-0.15, -0.1) is 11.8 Å². The molecule has 0 spiro atoms. The molecule has 0 fully saturated rings. The van der Waals surface area contributed by atoms with Crippen LogP contribution in [0.1, 0.15) is 0 Å². The second-order valence-corrected chi connectivity index (χ2v) is 7.02. The van der Waals surface area contributed by atoms with Gasteiger partial charge >= 0.3 is 0 Å². The third-order valence-electron chi connectivity index (χ3n) is 3.33. The highest BCUT2D eigenvalue weighted by atomic mass is 32.2. The summed E-state index contributed by atoms with van der Waals surface area (Å²) in [5.74, 6) is 0.0128. The van der Waals surface area contributed by atoms with Crippen molar-refractivity contribution in [3.8, 4) is 0 Å². The average molecular weight is 359 g/mol. The molecule has 1 aromatic heterocycles. The van der Waals surface area contributed by atoms with Gasteiger partial charge in [0.2, 0.25) is 0 Å². The van der Waals surface area contributed by atoms with E-state index in [2.05, 4.69) is 4.99 Å². The summed E-state index contributed by atoms with van der Waals surface area (Å²) in [4.78, 5) is 28.2. The molecular formula is C16H13N3O3S2. The third-order valence-corrected chi connectivity index (χ3v) is 5.44. The summed E-state index contributed by atoms with van der Waals surface area (Å²) < 4.78 is 2.56. The second kappa shape index (κ2) is 6.98. The van der Waals surface area contributed by atoms with Gasteiger partial charge in [-0.25, -0.2) is 0 Å². The molecule has 0 unspecified atom stereocenters. The first kappa shape index (κ1) is 16.4. The smallest absolute Gasteiger partial charge is 0.271 e. The van der Waals surface area contributed by atoms with Crippen LogP contribution in [0.4, 0.5) is 5.69 Å². The number of thioether (sulfide) groups is 1. The summed E-state index contributed by atoms with van der Waals surface area (Å²) in [6.07, 6.45) is 0. The molecule has 122 valence electrons. The molecule has 3 aromatic rings. The molecule has 8 heteroatoms. The first-order chi connectivity index (χ1) is 11.5. The van der Waals surface area contributed by atoms with Gasteiger partial charge in [0.1, 0.15) is 0 Å². The Kier molecular flexibility index (Phi) is 4.77. The Morgan fingerprint density at radius 1 is 1.29 bits per heavy atom. The van der Waals surface area contributed by atoms with E-state index in [4.69, 9.17) is 0 Å². The van der Waals surface area contributed by atoms with Crippen molar-refractivity contribution in [3.63, 3.8) is 0 Å². The maximum absolute atomic E-state index is 12.1. The number of hydrogen-bond acceptors (Lipinski definition) is 5. The van der Waals surface area contributed by atoms with Crippen molar-refractivity contribution in [1.29, 1.82) is 0 Å². The number of benzene rings is 2. The van der Waals surface area contributed by atoms with Crippen LogP contribution in [-0.2, 0) is 11.8 Å². The van der Waals surface area contributed by atoms with Gasteiger partial charge < -0.3 is 4.57 Å². The minimum Gasteiger partial charge on any atom is -0.319 e. The molecule has 0 N–H and O–H groups in total. The van der Waals surface area contributed by atoms with Crippen molar-refractivity contribution in [2.75, 3.05) is 5.75 Å². The number of thiazole rings is 1. The zero-order chi connectivity index (χ0) is 17.1. The van der Waals surface area contributed by atoms with Crippen molar-refractivity contribution in [3.05, 3.63) is 63.4 Å². The van der Waals surface area contributed by atoms with Crippen molar-refractivity contribution in [2.24, 2.45) is 12.0 Å². The summed E-state index contributed by atoms with van der Waals surface area (Å²) in [5.41, 5.74) is 0.713. The van der Waals surface area contributed by atoms with Gasteiger partial charge in [-0.2, -0.15) is 4.99 Å². The van der Waals surface area contributed by atoms with E-state index in [1.54, 1.807) is 17.7 Å². The van der Waals surface area contributed by atoms with Gasteiger partial charge in [-0.3, -0.25) is 14.9 Å². The lowest BCUT2D eigenvalue weighted by Crippen LogP contribution is -2.14. The summed E-state index contributed by atoms with van der Waals surface area (Å²) in [6.45, 7) is 0. The van der Waals surface area contributed by atoms with Gasteiger partial charge in [0.05, 0.1) is 20.9 Å². The van der Waals surface area contributed by atoms with E-state index in [1.807, 2.05) is 30.3 Å². The molecule has 2 aromatic carbocycles. The van der Waals surface area contributed by atoms with Crippen LogP contribution in [0.5, 0.6) is 0 Å². The van der Waals surface area contributed by atoms with Gasteiger partial charge in [0, 0.05) is 24.1 Å². The Balaban J connectivity index is 1.85. The van der Waals surface area contributed by atoms with E-state index in [0.717, 1.165) is 9.60 Å². The molecule has 0 saturated carbocycles. The predicted octanol–water partition coefficient (Wildman–Crippen LogP) is 3.37. The zero-order valence-electron chi connectivity index (χ0n) is 12.7. The summed E-state index contributed by atoms with van der Waals surface area (Å²) in [7, 11) is 1.75. The number of nitro groups is 1. The number of aromatic nitrogens is 1. The van der Waals surface area contributed by atoms with Gasteiger partial charge in [-0.05, 0) is 18.2 Å². The SMILES string of the molecule is Cn1c(=NC(=O)CSc2ccccc2)sc2ccc([N+](=O)[O-])cc21. The maximum atomic E-state index is 12.1. The van der Waals surface area contributed by atoms with Crippen molar-refractivity contribution >= 4 is 44.9 Å². The zero-order valence-corrected chi connectivity index (χ0v) is 14.3. The van der Waals surface area contributed by atoms with Crippen molar-refractivity contribution in [2.45, 2.75) is 4.90 Å². The molecule has 3 rings (SSSR count). The summed E-state index contributed by atoms with van der Waals surface area (Å²) >= 11 is 2.77. The lowest BCUT2D eigenvalue weighted by Gasteiger charge is -1.98. The van der Waals surface area contributed by atoms with Crippen LogP contribution in [0.15, 0.2) is 58.4 Å². The highest BCUT2D eigenvalue weighted by molar-refractivity contribution is 8.00. The molecule has 0 aliphatic rings. The largest absolute Gasteiger partial charge is 0.319 e. The number of non-ortho nitro benzene ring substituents is 1. The fraction of sp³-hybridized carbons (Fsp3) is 0.125. The Hall–Kier alpha value is -2.45. The summed E-state index contributed by atoms with van der Waals surface area (Å²) in [6, 6.07) is 14.3. The first-order valence-electron chi connectivity index (χ1n) is 7.04. The van der Waals surface area contributed by atoms with Crippen molar-refractivity contribution in [1.82, 2.24) is 4.57 Å². The fourth-order valence-electron chi connectivity index (χ4n) is 2.14. The fourth-order valence-corrected chi connectivity index (χ4v) is 3.86. The van der Waals surface area contributed by atoms with E-state index in [0.29, 0.717) is 10.3 Å². The number of carbonyl (C=O) groups is 1. The van der Waals surface area contributed by atoms with Crippen LogP contribution in [0.3, 0.4) is 0 Å². The van der Waals surface area contributed by atoms with Gasteiger partial charge in [0.15, 0.2) is 4.80 Å². The molecule has 0 aliphatic carbocycles. The molecule has 24 heavy (non-hydrogen) atoms. The van der Waals surface area contributed by atoms with E-state index >= 15 is 0 Å². The van der Waals surface area contributed by atoms with Crippen LogP contribution in [0, 0.1) is 10.1 Å². The molecule has 1 heterocycles. The average Bonchev–Trinajstić information content (AvgIpc) is 2.89.